The fraction of sp³-hybridized carbons (Fsp3) is 0.333. The molecule has 0 spiro atoms. The second kappa shape index (κ2) is 7.48. The van der Waals surface area contributed by atoms with Gasteiger partial charge in [0.2, 0.25) is 5.95 Å². The van der Waals surface area contributed by atoms with Gasteiger partial charge >= 0.3 is 0 Å². The standard InChI is InChI=1S/C15H15ClFN9O2/c16-10-7-9(3-4-11(10)17)26(27)14(18)13-12(20-28-21-13)8-25-15(19-22-23-25)24-5-1-2-6-24/h3-4,7,18,27H,1-2,5-6,8H2. The Morgan fingerprint density at radius 1 is 1.32 bits per heavy atom. The van der Waals surface area contributed by atoms with Crippen molar-refractivity contribution in [2.45, 2.75) is 19.4 Å². The summed E-state index contributed by atoms with van der Waals surface area (Å²) in [6, 6.07) is 3.54. The summed E-state index contributed by atoms with van der Waals surface area (Å²) < 4.78 is 19.6. The quantitative estimate of drug-likeness (QED) is 0.368. The van der Waals surface area contributed by atoms with Gasteiger partial charge in [0.1, 0.15) is 11.5 Å². The highest BCUT2D eigenvalue weighted by molar-refractivity contribution is 6.31. The lowest BCUT2D eigenvalue weighted by molar-refractivity contribution is 0.297. The molecule has 1 aromatic carbocycles. The molecule has 0 radical (unpaired) electrons. The van der Waals surface area contributed by atoms with Gasteiger partial charge in [-0.05, 0) is 46.6 Å². The van der Waals surface area contributed by atoms with Crippen LogP contribution in [0.1, 0.15) is 24.2 Å². The van der Waals surface area contributed by atoms with E-state index in [1.807, 2.05) is 0 Å². The normalized spacial score (nSPS) is 13.9. The molecule has 146 valence electrons. The monoisotopic (exact) mass is 407 g/mol. The van der Waals surface area contributed by atoms with Crippen molar-refractivity contribution in [1.82, 2.24) is 30.5 Å². The van der Waals surface area contributed by atoms with E-state index >= 15 is 0 Å². The molecule has 1 aliphatic rings. The van der Waals surface area contributed by atoms with Crippen LogP contribution in [-0.4, -0.2) is 54.7 Å². The van der Waals surface area contributed by atoms with Crippen molar-refractivity contribution < 1.29 is 14.2 Å². The number of tetrazole rings is 1. The molecule has 11 nitrogen and oxygen atoms in total. The first-order valence-corrected chi connectivity index (χ1v) is 8.78. The maximum Gasteiger partial charge on any atom is 0.245 e. The minimum atomic E-state index is -0.637. The van der Waals surface area contributed by atoms with Crippen molar-refractivity contribution in [3.8, 4) is 0 Å². The lowest BCUT2D eigenvalue weighted by atomic mass is 10.2. The van der Waals surface area contributed by atoms with E-state index in [1.165, 1.54) is 16.8 Å². The molecule has 4 rings (SSSR count). The van der Waals surface area contributed by atoms with Crippen LogP contribution in [0, 0.1) is 11.2 Å². The van der Waals surface area contributed by atoms with Crippen molar-refractivity contribution >= 4 is 29.1 Å². The Labute approximate surface area is 162 Å². The lowest BCUT2D eigenvalue weighted by Crippen LogP contribution is -2.29. The average molecular weight is 408 g/mol. The summed E-state index contributed by atoms with van der Waals surface area (Å²) in [6.07, 6.45) is 2.13. The molecule has 2 aromatic heterocycles. The highest BCUT2D eigenvalue weighted by atomic mass is 35.5. The van der Waals surface area contributed by atoms with Crippen LogP contribution in [0.25, 0.3) is 0 Å². The number of amidine groups is 1. The highest BCUT2D eigenvalue weighted by Gasteiger charge is 2.25. The van der Waals surface area contributed by atoms with Crippen LogP contribution < -0.4 is 9.96 Å². The second-order valence-electron chi connectivity index (χ2n) is 6.15. The fourth-order valence-corrected chi connectivity index (χ4v) is 3.10. The zero-order valence-corrected chi connectivity index (χ0v) is 15.2. The van der Waals surface area contributed by atoms with Crippen molar-refractivity contribution in [3.63, 3.8) is 0 Å². The number of rotatable bonds is 5. The van der Waals surface area contributed by atoms with Crippen LogP contribution in [-0.2, 0) is 6.54 Å². The van der Waals surface area contributed by atoms with Crippen LogP contribution in [0.2, 0.25) is 5.02 Å². The Hall–Kier alpha value is -3.12. The number of hydroxylamine groups is 1. The van der Waals surface area contributed by atoms with Crippen molar-refractivity contribution in [1.29, 1.82) is 5.41 Å². The first-order chi connectivity index (χ1) is 13.5. The van der Waals surface area contributed by atoms with Gasteiger partial charge < -0.3 is 4.90 Å². The fourth-order valence-electron chi connectivity index (χ4n) is 2.92. The number of benzene rings is 1. The van der Waals surface area contributed by atoms with Crippen LogP contribution in [0.4, 0.5) is 16.0 Å². The summed E-state index contributed by atoms with van der Waals surface area (Å²) >= 11 is 5.73. The summed E-state index contributed by atoms with van der Waals surface area (Å²) in [5.41, 5.74) is 0.335. The number of nitrogens with one attached hydrogen (secondary N) is 1. The molecule has 0 amide bonds. The maximum absolute atomic E-state index is 13.3. The van der Waals surface area contributed by atoms with Crippen LogP contribution in [0.15, 0.2) is 22.8 Å². The second-order valence-corrected chi connectivity index (χ2v) is 6.56. The first-order valence-electron chi connectivity index (χ1n) is 8.40. The SMILES string of the molecule is N=C(c1nonc1Cn1nnnc1N1CCCC1)N(O)c1ccc(F)c(Cl)c1. The van der Waals surface area contributed by atoms with E-state index in [1.54, 1.807) is 0 Å². The molecule has 0 bridgehead atoms. The van der Waals surface area contributed by atoms with Gasteiger partial charge in [-0.2, -0.15) is 0 Å². The first kappa shape index (κ1) is 18.3. The van der Waals surface area contributed by atoms with E-state index in [0.29, 0.717) is 11.0 Å². The molecule has 0 atom stereocenters. The zero-order chi connectivity index (χ0) is 19.7. The molecule has 3 heterocycles. The van der Waals surface area contributed by atoms with Gasteiger partial charge in [0.25, 0.3) is 0 Å². The maximum atomic E-state index is 13.3. The molecule has 3 aromatic rings. The Bertz CT molecular complexity index is 1000. The summed E-state index contributed by atoms with van der Waals surface area (Å²) in [5.74, 6) is -0.471. The van der Waals surface area contributed by atoms with E-state index in [9.17, 15) is 9.60 Å². The Morgan fingerprint density at radius 2 is 2.11 bits per heavy atom. The number of hydrogen-bond donors (Lipinski definition) is 2. The van der Waals surface area contributed by atoms with Gasteiger partial charge in [-0.1, -0.05) is 21.9 Å². The molecule has 0 saturated carbocycles. The Balaban J connectivity index is 1.56. The van der Waals surface area contributed by atoms with E-state index in [0.717, 1.165) is 32.0 Å². The van der Waals surface area contributed by atoms with Crippen molar-refractivity contribution in [3.05, 3.63) is 40.4 Å². The van der Waals surface area contributed by atoms with Gasteiger partial charge in [0.05, 0.1) is 17.3 Å². The number of hydrogen-bond acceptors (Lipinski definition) is 9. The number of nitrogens with zero attached hydrogens (tertiary/aromatic N) is 8. The molecular weight excluding hydrogens is 393 g/mol. The lowest BCUT2D eigenvalue weighted by Gasteiger charge is -2.17. The minimum absolute atomic E-state index is 0.00850. The van der Waals surface area contributed by atoms with Crippen LogP contribution in [0.5, 0.6) is 0 Å². The topological polar surface area (TPSA) is 133 Å². The largest absolute Gasteiger partial charge is 0.340 e. The highest BCUT2D eigenvalue weighted by Crippen LogP contribution is 2.23. The van der Waals surface area contributed by atoms with Gasteiger partial charge in [-0.3, -0.25) is 10.6 Å². The van der Waals surface area contributed by atoms with Gasteiger partial charge in [-0.15, -0.1) is 0 Å². The third kappa shape index (κ3) is 3.39. The van der Waals surface area contributed by atoms with Gasteiger partial charge in [0, 0.05) is 13.1 Å². The Kier molecular flexibility index (Phi) is 4.88. The third-order valence-electron chi connectivity index (χ3n) is 4.34. The summed E-state index contributed by atoms with van der Waals surface area (Å²) in [7, 11) is 0. The molecule has 1 fully saturated rings. The van der Waals surface area contributed by atoms with Gasteiger partial charge in [-0.25, -0.2) is 18.8 Å². The molecule has 0 aliphatic carbocycles. The molecule has 13 heteroatoms. The Morgan fingerprint density at radius 3 is 2.86 bits per heavy atom. The predicted molar refractivity (Wildman–Crippen MR) is 95.2 cm³/mol. The van der Waals surface area contributed by atoms with Crippen LogP contribution >= 0.6 is 11.6 Å². The molecular formula is C15H15ClFN9O2. The summed E-state index contributed by atoms with van der Waals surface area (Å²) in [4.78, 5) is 2.05. The number of aromatic nitrogens is 6. The molecule has 1 aliphatic heterocycles. The molecule has 28 heavy (non-hydrogen) atoms. The zero-order valence-electron chi connectivity index (χ0n) is 14.5. The average Bonchev–Trinajstić information content (AvgIpc) is 3.44. The molecule has 0 unspecified atom stereocenters. The van der Waals surface area contributed by atoms with Gasteiger partial charge in [0.15, 0.2) is 11.5 Å². The minimum Gasteiger partial charge on any atom is -0.340 e. The molecule has 2 N–H and O–H groups in total. The molecule has 1 saturated heterocycles. The predicted octanol–water partition coefficient (Wildman–Crippen LogP) is 1.72. The van der Waals surface area contributed by atoms with Crippen molar-refractivity contribution in [2.75, 3.05) is 23.1 Å². The smallest absolute Gasteiger partial charge is 0.245 e. The summed E-state index contributed by atoms with van der Waals surface area (Å²) in [6.45, 7) is 1.81. The van der Waals surface area contributed by atoms with Crippen LogP contribution in [0.3, 0.4) is 0 Å². The van der Waals surface area contributed by atoms with Crippen molar-refractivity contribution in [2.24, 2.45) is 0 Å². The third-order valence-corrected chi connectivity index (χ3v) is 4.63. The number of anilines is 2. The number of halogens is 2. The van der Waals surface area contributed by atoms with E-state index < -0.39 is 11.7 Å². The van der Waals surface area contributed by atoms with E-state index in [2.05, 4.69) is 30.7 Å². The summed E-state index contributed by atoms with van der Waals surface area (Å²) in [5, 5.41) is 38.0. The van der Waals surface area contributed by atoms with E-state index in [4.69, 9.17) is 21.6 Å². The van der Waals surface area contributed by atoms with E-state index in [-0.39, 0.29) is 28.6 Å².